The van der Waals surface area contributed by atoms with Crippen LogP contribution in [-0.2, 0) is 6.54 Å². The van der Waals surface area contributed by atoms with Crippen molar-refractivity contribution in [1.82, 2.24) is 10.2 Å². The molecule has 2 nitrogen and oxygen atoms in total. The second kappa shape index (κ2) is 6.49. The molecule has 0 aromatic heterocycles. The highest BCUT2D eigenvalue weighted by Crippen LogP contribution is 2.16. The highest BCUT2D eigenvalue weighted by Gasteiger charge is 2.15. The summed E-state index contributed by atoms with van der Waals surface area (Å²) < 4.78 is 13.5. The number of aryl methyl sites for hydroxylation is 2. The fraction of sp³-hybridized carbons (Fsp3) is 0.625. The smallest absolute Gasteiger partial charge is 0.129 e. The van der Waals surface area contributed by atoms with E-state index < -0.39 is 0 Å². The van der Waals surface area contributed by atoms with Crippen LogP contribution < -0.4 is 5.32 Å². The molecule has 1 aromatic carbocycles. The molecule has 0 bridgehead atoms. The van der Waals surface area contributed by atoms with Crippen LogP contribution in [0.5, 0.6) is 0 Å². The van der Waals surface area contributed by atoms with Crippen molar-refractivity contribution in [3.63, 3.8) is 0 Å². The minimum Gasteiger partial charge on any atom is -0.312 e. The molecule has 0 aliphatic carbocycles. The summed E-state index contributed by atoms with van der Waals surface area (Å²) in [6.45, 7) is 8.01. The molecule has 0 saturated carbocycles. The van der Waals surface area contributed by atoms with Crippen LogP contribution in [0.4, 0.5) is 4.39 Å². The highest BCUT2D eigenvalue weighted by molar-refractivity contribution is 5.30. The molecule has 1 saturated heterocycles. The van der Waals surface area contributed by atoms with Crippen LogP contribution in [0.15, 0.2) is 12.1 Å². The molecule has 3 heteroatoms. The Balaban J connectivity index is 1.79. The number of halogens is 1. The lowest BCUT2D eigenvalue weighted by atomic mass is 9.97. The zero-order valence-corrected chi connectivity index (χ0v) is 12.3. The first-order valence-electron chi connectivity index (χ1n) is 7.21. The number of nitrogens with one attached hydrogen (secondary N) is 1. The maximum Gasteiger partial charge on any atom is 0.129 e. The van der Waals surface area contributed by atoms with Gasteiger partial charge in [0.1, 0.15) is 5.82 Å². The Morgan fingerprint density at radius 3 is 2.37 bits per heavy atom. The molecule has 106 valence electrons. The molecule has 1 fully saturated rings. The highest BCUT2D eigenvalue weighted by atomic mass is 19.1. The molecule has 0 amide bonds. The molecular formula is C16H25FN2. The maximum atomic E-state index is 13.5. The number of likely N-dealkylation sites (tertiary alicyclic amines) is 1. The van der Waals surface area contributed by atoms with Crippen LogP contribution in [0.1, 0.15) is 29.5 Å². The number of hydrogen-bond donors (Lipinski definition) is 1. The SMILES string of the molecule is Cc1cc(CNCC2CCN(C)CC2)cc(C)c1F. The molecule has 1 aliphatic rings. The predicted octanol–water partition coefficient (Wildman–Crippen LogP) is 2.87. The summed E-state index contributed by atoms with van der Waals surface area (Å²) >= 11 is 0. The average molecular weight is 264 g/mol. The summed E-state index contributed by atoms with van der Waals surface area (Å²) in [7, 11) is 2.19. The van der Waals surface area contributed by atoms with E-state index in [0.717, 1.165) is 30.1 Å². The van der Waals surface area contributed by atoms with E-state index in [0.29, 0.717) is 0 Å². The Morgan fingerprint density at radius 2 is 1.79 bits per heavy atom. The van der Waals surface area contributed by atoms with Gasteiger partial charge in [-0.3, -0.25) is 0 Å². The van der Waals surface area contributed by atoms with E-state index in [-0.39, 0.29) is 5.82 Å². The zero-order chi connectivity index (χ0) is 13.8. The van der Waals surface area contributed by atoms with Gasteiger partial charge in [-0.05, 0) is 76.0 Å². The normalized spacial score (nSPS) is 17.9. The Bertz CT molecular complexity index is 400. The van der Waals surface area contributed by atoms with Crippen molar-refractivity contribution < 1.29 is 4.39 Å². The van der Waals surface area contributed by atoms with Crippen LogP contribution in [0.25, 0.3) is 0 Å². The lowest BCUT2D eigenvalue weighted by Crippen LogP contribution is -2.34. The Hall–Kier alpha value is -0.930. The summed E-state index contributed by atoms with van der Waals surface area (Å²) in [5.41, 5.74) is 2.68. The van der Waals surface area contributed by atoms with E-state index in [4.69, 9.17) is 0 Å². The third-order valence-electron chi connectivity index (χ3n) is 4.10. The van der Waals surface area contributed by atoms with Crippen LogP contribution in [0.3, 0.4) is 0 Å². The Kier molecular flexibility index (Phi) is 4.94. The zero-order valence-electron chi connectivity index (χ0n) is 12.3. The number of piperidine rings is 1. The van der Waals surface area contributed by atoms with Crippen molar-refractivity contribution in [3.8, 4) is 0 Å². The summed E-state index contributed by atoms with van der Waals surface area (Å²) in [6, 6.07) is 3.90. The van der Waals surface area contributed by atoms with Gasteiger partial charge in [-0.15, -0.1) is 0 Å². The third kappa shape index (κ3) is 4.02. The van der Waals surface area contributed by atoms with E-state index in [9.17, 15) is 4.39 Å². The van der Waals surface area contributed by atoms with Crippen molar-refractivity contribution >= 4 is 0 Å². The van der Waals surface area contributed by atoms with Gasteiger partial charge in [0.15, 0.2) is 0 Å². The van der Waals surface area contributed by atoms with Gasteiger partial charge in [-0.25, -0.2) is 4.39 Å². The molecular weight excluding hydrogens is 239 g/mol. The number of rotatable bonds is 4. The van der Waals surface area contributed by atoms with Crippen molar-refractivity contribution in [2.24, 2.45) is 5.92 Å². The monoisotopic (exact) mass is 264 g/mol. The topological polar surface area (TPSA) is 15.3 Å². The molecule has 0 radical (unpaired) electrons. The fourth-order valence-corrected chi connectivity index (χ4v) is 2.82. The van der Waals surface area contributed by atoms with Crippen LogP contribution in [0, 0.1) is 25.6 Å². The minimum absolute atomic E-state index is 0.0703. The number of nitrogens with zero attached hydrogens (tertiary/aromatic N) is 1. The van der Waals surface area contributed by atoms with Crippen LogP contribution >= 0.6 is 0 Å². The molecule has 1 aliphatic heterocycles. The van der Waals surface area contributed by atoms with Crippen molar-refractivity contribution in [2.75, 3.05) is 26.7 Å². The first-order valence-corrected chi connectivity index (χ1v) is 7.21. The number of benzene rings is 1. The second-order valence-electron chi connectivity index (χ2n) is 5.92. The predicted molar refractivity (Wildman–Crippen MR) is 77.8 cm³/mol. The quantitative estimate of drug-likeness (QED) is 0.899. The van der Waals surface area contributed by atoms with Gasteiger partial charge >= 0.3 is 0 Å². The van der Waals surface area contributed by atoms with E-state index >= 15 is 0 Å². The largest absolute Gasteiger partial charge is 0.312 e. The van der Waals surface area contributed by atoms with Gasteiger partial charge < -0.3 is 10.2 Å². The van der Waals surface area contributed by atoms with Crippen LogP contribution in [-0.4, -0.2) is 31.6 Å². The van der Waals surface area contributed by atoms with Gasteiger partial charge in [0.05, 0.1) is 0 Å². The first kappa shape index (κ1) is 14.5. The van der Waals surface area contributed by atoms with Crippen molar-refractivity contribution in [2.45, 2.75) is 33.2 Å². The molecule has 0 unspecified atom stereocenters. The van der Waals surface area contributed by atoms with E-state index in [1.54, 1.807) is 0 Å². The minimum atomic E-state index is -0.0703. The molecule has 19 heavy (non-hydrogen) atoms. The first-order chi connectivity index (χ1) is 9.06. The standard InChI is InChI=1S/C16H25FN2/c1-12-8-15(9-13(2)16(12)17)11-18-10-14-4-6-19(3)7-5-14/h8-9,14,18H,4-7,10-11H2,1-3H3. The van der Waals surface area contributed by atoms with Crippen LogP contribution in [0.2, 0.25) is 0 Å². The van der Waals surface area contributed by atoms with Gasteiger partial charge in [0.2, 0.25) is 0 Å². The van der Waals surface area contributed by atoms with Crippen molar-refractivity contribution in [1.29, 1.82) is 0 Å². The lowest BCUT2D eigenvalue weighted by molar-refractivity contribution is 0.216. The third-order valence-corrected chi connectivity index (χ3v) is 4.10. The molecule has 0 spiro atoms. The lowest BCUT2D eigenvalue weighted by Gasteiger charge is -2.29. The second-order valence-corrected chi connectivity index (χ2v) is 5.92. The Morgan fingerprint density at radius 1 is 1.21 bits per heavy atom. The summed E-state index contributed by atoms with van der Waals surface area (Å²) in [5, 5.41) is 3.52. The van der Waals surface area contributed by atoms with Gasteiger partial charge in [-0.1, -0.05) is 12.1 Å². The van der Waals surface area contributed by atoms with Gasteiger partial charge in [0, 0.05) is 6.54 Å². The summed E-state index contributed by atoms with van der Waals surface area (Å²) in [5.74, 6) is 0.720. The van der Waals surface area contributed by atoms with E-state index in [2.05, 4.69) is 17.3 Å². The molecule has 1 N–H and O–H groups in total. The molecule has 2 rings (SSSR count). The van der Waals surface area contributed by atoms with Crippen molar-refractivity contribution in [3.05, 3.63) is 34.6 Å². The average Bonchev–Trinajstić information content (AvgIpc) is 2.38. The summed E-state index contributed by atoms with van der Waals surface area (Å²) in [6.07, 6.45) is 2.57. The van der Waals surface area contributed by atoms with Gasteiger partial charge in [0.25, 0.3) is 0 Å². The molecule has 1 heterocycles. The molecule has 0 atom stereocenters. The number of hydrogen-bond acceptors (Lipinski definition) is 2. The van der Waals surface area contributed by atoms with Gasteiger partial charge in [-0.2, -0.15) is 0 Å². The summed E-state index contributed by atoms with van der Waals surface area (Å²) in [4.78, 5) is 2.39. The fourth-order valence-electron chi connectivity index (χ4n) is 2.82. The van der Waals surface area contributed by atoms with E-state index in [1.807, 2.05) is 26.0 Å². The van der Waals surface area contributed by atoms with E-state index in [1.165, 1.54) is 31.5 Å². The maximum absolute atomic E-state index is 13.5. The Labute approximate surface area is 116 Å². The molecule has 1 aromatic rings.